The van der Waals surface area contributed by atoms with E-state index in [2.05, 4.69) is 15.5 Å². The second-order valence-corrected chi connectivity index (χ2v) is 6.66. The third kappa shape index (κ3) is 4.29. The van der Waals surface area contributed by atoms with Crippen LogP contribution in [0.4, 0.5) is 5.69 Å². The second kappa shape index (κ2) is 8.17. The number of benzene rings is 1. The average Bonchev–Trinajstić information content (AvgIpc) is 3.28. The van der Waals surface area contributed by atoms with Gasteiger partial charge < -0.3 is 14.8 Å². The Morgan fingerprint density at radius 3 is 2.62 bits per heavy atom. The Morgan fingerprint density at radius 1 is 1.14 bits per heavy atom. The van der Waals surface area contributed by atoms with Crippen molar-refractivity contribution in [1.82, 2.24) is 19.6 Å². The second-order valence-electron chi connectivity index (χ2n) is 6.66. The molecule has 2 aromatic heterocycles. The number of aryl methyl sites for hydroxylation is 3. The topological polar surface area (TPSA) is 100 Å². The molecule has 0 saturated heterocycles. The molecule has 0 spiro atoms. The number of rotatable bonds is 6. The van der Waals surface area contributed by atoms with Gasteiger partial charge in [0.2, 0.25) is 0 Å². The van der Waals surface area contributed by atoms with E-state index in [1.807, 2.05) is 32.0 Å². The highest BCUT2D eigenvalue weighted by molar-refractivity contribution is 6.06. The molecule has 1 N–H and O–H groups in total. The van der Waals surface area contributed by atoms with Gasteiger partial charge in [-0.3, -0.25) is 9.48 Å². The number of hydrogen-bond acceptors (Lipinski definition) is 6. The van der Waals surface area contributed by atoms with Gasteiger partial charge in [0.05, 0.1) is 18.5 Å². The van der Waals surface area contributed by atoms with Crippen LogP contribution in [0.25, 0.3) is 0 Å². The fourth-order valence-electron chi connectivity index (χ4n) is 2.73. The number of carbonyl (C=O) groups is 2. The van der Waals surface area contributed by atoms with E-state index in [-0.39, 0.29) is 18.1 Å². The Morgan fingerprint density at radius 2 is 1.90 bits per heavy atom. The Kier molecular flexibility index (Phi) is 5.67. The summed E-state index contributed by atoms with van der Waals surface area (Å²) in [7, 11) is 2.94. The van der Waals surface area contributed by atoms with E-state index in [4.69, 9.17) is 9.47 Å². The van der Waals surface area contributed by atoms with Crippen LogP contribution in [0.5, 0.6) is 5.75 Å². The SMILES string of the molecule is COC(=O)c1nn(C)c(C)c1NC(=O)c1ccn(COc2cc(C)ccc2C)n1. The van der Waals surface area contributed by atoms with Gasteiger partial charge >= 0.3 is 5.97 Å². The molecule has 9 nitrogen and oxygen atoms in total. The van der Waals surface area contributed by atoms with Crippen LogP contribution in [-0.4, -0.2) is 38.5 Å². The zero-order valence-electron chi connectivity index (χ0n) is 17.0. The molecule has 0 unspecified atom stereocenters. The molecule has 1 amide bonds. The first-order chi connectivity index (χ1) is 13.8. The van der Waals surface area contributed by atoms with Crippen molar-refractivity contribution < 1.29 is 19.1 Å². The van der Waals surface area contributed by atoms with Crippen LogP contribution in [0, 0.1) is 20.8 Å². The Labute approximate surface area is 168 Å². The molecule has 1 aromatic carbocycles. The van der Waals surface area contributed by atoms with Crippen molar-refractivity contribution in [2.75, 3.05) is 12.4 Å². The number of esters is 1. The van der Waals surface area contributed by atoms with Crippen LogP contribution in [0.1, 0.15) is 37.8 Å². The summed E-state index contributed by atoms with van der Waals surface area (Å²) in [6, 6.07) is 7.53. The largest absolute Gasteiger partial charge is 0.471 e. The van der Waals surface area contributed by atoms with Gasteiger partial charge in [-0.15, -0.1) is 0 Å². The molecule has 0 bridgehead atoms. The van der Waals surface area contributed by atoms with Gasteiger partial charge in [-0.05, 0) is 44.0 Å². The van der Waals surface area contributed by atoms with Crippen molar-refractivity contribution in [3.8, 4) is 5.75 Å². The van der Waals surface area contributed by atoms with Crippen LogP contribution in [0.15, 0.2) is 30.5 Å². The normalized spacial score (nSPS) is 10.7. The molecule has 0 aliphatic carbocycles. The maximum Gasteiger partial charge on any atom is 0.360 e. The summed E-state index contributed by atoms with van der Waals surface area (Å²) in [5.41, 5.74) is 3.26. The lowest BCUT2D eigenvalue weighted by Crippen LogP contribution is -2.17. The highest BCUT2D eigenvalue weighted by Crippen LogP contribution is 2.21. The van der Waals surface area contributed by atoms with Crippen molar-refractivity contribution in [1.29, 1.82) is 0 Å². The molecule has 3 rings (SSSR count). The molecular weight excluding hydrogens is 374 g/mol. The van der Waals surface area contributed by atoms with E-state index in [1.54, 1.807) is 26.2 Å². The summed E-state index contributed by atoms with van der Waals surface area (Å²) < 4.78 is 13.5. The number of carbonyl (C=O) groups excluding carboxylic acids is 2. The predicted molar refractivity (Wildman–Crippen MR) is 106 cm³/mol. The standard InChI is InChI=1S/C20H23N5O4/c1-12-6-7-13(2)16(10-12)29-11-25-9-8-15(22-25)19(26)21-17-14(3)24(4)23-18(17)20(27)28-5/h6-10H,11H2,1-5H3,(H,21,26). The Balaban J connectivity index is 1.72. The van der Waals surface area contributed by atoms with Gasteiger partial charge in [-0.2, -0.15) is 10.2 Å². The molecule has 9 heteroatoms. The summed E-state index contributed by atoms with van der Waals surface area (Å²) in [4.78, 5) is 24.5. The number of ether oxygens (including phenoxy) is 2. The van der Waals surface area contributed by atoms with Gasteiger partial charge in [0.1, 0.15) is 5.75 Å². The highest BCUT2D eigenvalue weighted by Gasteiger charge is 2.23. The van der Waals surface area contributed by atoms with Gasteiger partial charge in [0, 0.05) is 13.2 Å². The molecule has 2 heterocycles. The number of methoxy groups -OCH3 is 1. The lowest BCUT2D eigenvalue weighted by Gasteiger charge is -2.10. The third-order valence-electron chi connectivity index (χ3n) is 4.52. The quantitative estimate of drug-likeness (QED) is 0.642. The number of nitrogens with zero attached hydrogens (tertiary/aromatic N) is 4. The van der Waals surface area contributed by atoms with Crippen molar-refractivity contribution >= 4 is 17.6 Å². The molecule has 29 heavy (non-hydrogen) atoms. The van der Waals surface area contributed by atoms with Gasteiger partial charge in [0.15, 0.2) is 18.1 Å². The van der Waals surface area contributed by atoms with Crippen LogP contribution < -0.4 is 10.1 Å². The van der Waals surface area contributed by atoms with E-state index >= 15 is 0 Å². The summed E-state index contributed by atoms with van der Waals surface area (Å²) >= 11 is 0. The fraction of sp³-hybridized carbons (Fsp3) is 0.300. The minimum Gasteiger partial charge on any atom is -0.471 e. The van der Waals surface area contributed by atoms with E-state index in [9.17, 15) is 9.59 Å². The van der Waals surface area contributed by atoms with E-state index in [0.29, 0.717) is 11.4 Å². The van der Waals surface area contributed by atoms with Crippen LogP contribution in [-0.2, 0) is 18.5 Å². The van der Waals surface area contributed by atoms with Crippen LogP contribution >= 0.6 is 0 Å². The molecular formula is C20H23N5O4. The van der Waals surface area contributed by atoms with Gasteiger partial charge in [-0.1, -0.05) is 12.1 Å². The molecule has 0 radical (unpaired) electrons. The number of anilines is 1. The van der Waals surface area contributed by atoms with Crippen molar-refractivity contribution in [2.45, 2.75) is 27.5 Å². The van der Waals surface area contributed by atoms with Crippen LogP contribution in [0.3, 0.4) is 0 Å². The summed E-state index contributed by atoms with van der Waals surface area (Å²) in [6.45, 7) is 5.86. The zero-order chi connectivity index (χ0) is 21.1. The molecule has 0 saturated carbocycles. The van der Waals surface area contributed by atoms with E-state index in [1.165, 1.54) is 16.5 Å². The molecule has 0 fully saturated rings. The lowest BCUT2D eigenvalue weighted by atomic mass is 10.1. The number of aromatic nitrogens is 4. The minimum atomic E-state index is -0.628. The minimum absolute atomic E-state index is 0.0403. The smallest absolute Gasteiger partial charge is 0.360 e. The number of hydrogen-bond donors (Lipinski definition) is 1. The van der Waals surface area contributed by atoms with Crippen molar-refractivity contribution in [3.63, 3.8) is 0 Å². The summed E-state index contributed by atoms with van der Waals surface area (Å²) in [5.74, 6) is -0.326. The van der Waals surface area contributed by atoms with Crippen molar-refractivity contribution in [3.05, 3.63) is 58.7 Å². The van der Waals surface area contributed by atoms with Crippen LogP contribution in [0.2, 0.25) is 0 Å². The third-order valence-corrected chi connectivity index (χ3v) is 4.52. The average molecular weight is 397 g/mol. The maximum atomic E-state index is 12.6. The highest BCUT2D eigenvalue weighted by atomic mass is 16.5. The Bertz CT molecular complexity index is 1070. The first-order valence-electron chi connectivity index (χ1n) is 8.97. The first kappa shape index (κ1) is 20.1. The molecule has 0 atom stereocenters. The molecule has 0 aliphatic heterocycles. The molecule has 0 aliphatic rings. The fourth-order valence-corrected chi connectivity index (χ4v) is 2.73. The zero-order valence-corrected chi connectivity index (χ0v) is 17.0. The maximum absolute atomic E-state index is 12.6. The van der Waals surface area contributed by atoms with E-state index < -0.39 is 11.9 Å². The number of nitrogens with one attached hydrogen (secondary N) is 1. The van der Waals surface area contributed by atoms with E-state index in [0.717, 1.165) is 16.9 Å². The van der Waals surface area contributed by atoms with Crippen molar-refractivity contribution in [2.24, 2.45) is 7.05 Å². The summed E-state index contributed by atoms with van der Waals surface area (Å²) in [6.07, 6.45) is 1.65. The number of amides is 1. The lowest BCUT2D eigenvalue weighted by molar-refractivity contribution is 0.0594. The molecule has 152 valence electrons. The first-order valence-corrected chi connectivity index (χ1v) is 8.97. The summed E-state index contributed by atoms with van der Waals surface area (Å²) in [5, 5.41) is 11.0. The Hall–Kier alpha value is -3.62. The van der Waals surface area contributed by atoms with Gasteiger partial charge in [-0.25, -0.2) is 9.48 Å². The monoisotopic (exact) mass is 397 g/mol. The molecule has 3 aromatic rings. The van der Waals surface area contributed by atoms with Gasteiger partial charge in [0.25, 0.3) is 5.91 Å². The predicted octanol–water partition coefficient (Wildman–Crippen LogP) is 2.62.